The Labute approximate surface area is 116 Å². The monoisotopic (exact) mass is 279 g/mol. The third-order valence-corrected chi connectivity index (χ3v) is 4.23. The van der Waals surface area contributed by atoms with Crippen LogP contribution in [0.4, 0.5) is 0 Å². The topological polar surface area (TPSA) is 57.6 Å². The lowest BCUT2D eigenvalue weighted by atomic mass is 10.1. The van der Waals surface area contributed by atoms with Gasteiger partial charge in [0.05, 0.1) is 6.42 Å². The van der Waals surface area contributed by atoms with Crippen LogP contribution >= 0.6 is 11.8 Å². The van der Waals surface area contributed by atoms with Crippen LogP contribution in [0, 0.1) is 6.92 Å². The van der Waals surface area contributed by atoms with Gasteiger partial charge in [0.15, 0.2) is 0 Å². The molecule has 1 aliphatic rings. The van der Waals surface area contributed by atoms with E-state index in [0.717, 1.165) is 16.9 Å². The smallest absolute Gasteiger partial charge is 0.327 e. The quantitative estimate of drug-likeness (QED) is 0.912. The number of hydrogen-bond donors (Lipinski definition) is 1. The number of carboxylic acids is 1. The summed E-state index contributed by atoms with van der Waals surface area (Å²) < 4.78 is 0. The second-order valence-corrected chi connectivity index (χ2v) is 5.83. The molecule has 0 aliphatic carbocycles. The molecular formula is C14H17NO3S. The van der Waals surface area contributed by atoms with Gasteiger partial charge in [-0.2, -0.15) is 11.8 Å². The lowest BCUT2D eigenvalue weighted by Crippen LogP contribution is -2.50. The number of rotatable bonds is 3. The largest absolute Gasteiger partial charge is 0.480 e. The number of amides is 1. The molecule has 19 heavy (non-hydrogen) atoms. The molecule has 1 aromatic carbocycles. The fourth-order valence-electron chi connectivity index (χ4n) is 2.09. The molecule has 4 nitrogen and oxygen atoms in total. The summed E-state index contributed by atoms with van der Waals surface area (Å²) in [7, 11) is 0. The van der Waals surface area contributed by atoms with E-state index in [1.807, 2.05) is 31.2 Å². The van der Waals surface area contributed by atoms with E-state index in [2.05, 4.69) is 0 Å². The minimum Gasteiger partial charge on any atom is -0.480 e. The maximum atomic E-state index is 12.2. The van der Waals surface area contributed by atoms with E-state index in [4.69, 9.17) is 5.11 Å². The molecule has 1 aromatic rings. The Bertz CT molecular complexity index is 472. The van der Waals surface area contributed by atoms with Crippen molar-refractivity contribution in [3.8, 4) is 0 Å². The van der Waals surface area contributed by atoms with E-state index >= 15 is 0 Å². The van der Waals surface area contributed by atoms with Crippen molar-refractivity contribution in [1.29, 1.82) is 0 Å². The normalized spacial score (nSPS) is 19.2. The molecule has 1 atom stereocenters. The summed E-state index contributed by atoms with van der Waals surface area (Å²) >= 11 is 1.59. The molecule has 1 aliphatic heterocycles. The summed E-state index contributed by atoms with van der Waals surface area (Å²) in [5.74, 6) is 0.277. The number of carboxylic acid groups (broad SMARTS) is 1. The maximum absolute atomic E-state index is 12.2. The predicted molar refractivity (Wildman–Crippen MR) is 75.3 cm³/mol. The molecule has 1 unspecified atom stereocenters. The third kappa shape index (κ3) is 3.50. The first kappa shape index (κ1) is 13.9. The molecule has 102 valence electrons. The lowest BCUT2D eigenvalue weighted by molar-refractivity contribution is -0.148. The van der Waals surface area contributed by atoms with Crippen molar-refractivity contribution in [2.75, 3.05) is 18.1 Å². The van der Waals surface area contributed by atoms with Gasteiger partial charge in [0.25, 0.3) is 0 Å². The Morgan fingerprint density at radius 1 is 1.37 bits per heavy atom. The highest BCUT2D eigenvalue weighted by Gasteiger charge is 2.31. The van der Waals surface area contributed by atoms with Crippen LogP contribution in [-0.4, -0.2) is 46.0 Å². The van der Waals surface area contributed by atoms with Gasteiger partial charge in [0.1, 0.15) is 6.04 Å². The lowest BCUT2D eigenvalue weighted by Gasteiger charge is -2.32. The highest BCUT2D eigenvalue weighted by Crippen LogP contribution is 2.18. The standard InChI is InChI=1S/C14H17NO3S/c1-10-2-4-11(5-3-10)8-13(16)15-6-7-19-9-12(15)14(17)18/h2-5,12H,6-9H2,1H3,(H,17,18). The van der Waals surface area contributed by atoms with E-state index in [9.17, 15) is 9.59 Å². The Hall–Kier alpha value is -1.49. The van der Waals surface area contributed by atoms with Crippen molar-refractivity contribution < 1.29 is 14.7 Å². The third-order valence-electron chi connectivity index (χ3n) is 3.21. The van der Waals surface area contributed by atoms with Crippen LogP contribution in [0.5, 0.6) is 0 Å². The molecule has 1 fully saturated rings. The van der Waals surface area contributed by atoms with Crippen molar-refractivity contribution in [2.24, 2.45) is 0 Å². The van der Waals surface area contributed by atoms with Crippen LogP contribution in [0.1, 0.15) is 11.1 Å². The number of carbonyl (C=O) groups excluding carboxylic acids is 1. The van der Waals surface area contributed by atoms with Crippen molar-refractivity contribution in [3.05, 3.63) is 35.4 Å². The molecular weight excluding hydrogens is 262 g/mol. The summed E-state index contributed by atoms with van der Waals surface area (Å²) in [6.45, 7) is 2.51. The van der Waals surface area contributed by atoms with E-state index in [0.29, 0.717) is 12.3 Å². The van der Waals surface area contributed by atoms with E-state index in [1.54, 1.807) is 11.8 Å². The average Bonchev–Trinajstić information content (AvgIpc) is 2.41. The number of thioether (sulfide) groups is 1. The summed E-state index contributed by atoms with van der Waals surface area (Å²) in [6, 6.07) is 7.08. The average molecular weight is 279 g/mol. The number of aryl methyl sites for hydroxylation is 1. The van der Waals surface area contributed by atoms with Crippen molar-refractivity contribution >= 4 is 23.6 Å². The zero-order chi connectivity index (χ0) is 13.8. The molecule has 0 bridgehead atoms. The van der Waals surface area contributed by atoms with Gasteiger partial charge in [0.2, 0.25) is 5.91 Å². The molecule has 1 amide bonds. The first-order valence-electron chi connectivity index (χ1n) is 6.23. The maximum Gasteiger partial charge on any atom is 0.327 e. The van der Waals surface area contributed by atoms with E-state index in [1.165, 1.54) is 4.90 Å². The zero-order valence-electron chi connectivity index (χ0n) is 10.8. The minimum absolute atomic E-state index is 0.100. The number of carbonyl (C=O) groups is 2. The minimum atomic E-state index is -0.913. The number of hydrogen-bond acceptors (Lipinski definition) is 3. The predicted octanol–water partition coefficient (Wildman–Crippen LogP) is 1.57. The number of nitrogens with zero attached hydrogens (tertiary/aromatic N) is 1. The summed E-state index contributed by atoms with van der Waals surface area (Å²) in [5, 5.41) is 9.15. The highest BCUT2D eigenvalue weighted by atomic mass is 32.2. The van der Waals surface area contributed by atoms with Crippen LogP contribution in [0.2, 0.25) is 0 Å². The molecule has 0 saturated carbocycles. The van der Waals surface area contributed by atoms with Gasteiger partial charge in [0, 0.05) is 18.1 Å². The molecule has 2 rings (SSSR count). The van der Waals surface area contributed by atoms with Crippen LogP contribution in [-0.2, 0) is 16.0 Å². The van der Waals surface area contributed by atoms with Crippen molar-refractivity contribution in [2.45, 2.75) is 19.4 Å². The number of benzene rings is 1. The fourth-order valence-corrected chi connectivity index (χ4v) is 3.13. The Morgan fingerprint density at radius 2 is 2.05 bits per heavy atom. The second-order valence-electron chi connectivity index (χ2n) is 4.68. The summed E-state index contributed by atoms with van der Waals surface area (Å²) in [5.41, 5.74) is 2.08. The molecule has 0 spiro atoms. The zero-order valence-corrected chi connectivity index (χ0v) is 11.7. The molecule has 0 radical (unpaired) electrons. The highest BCUT2D eigenvalue weighted by molar-refractivity contribution is 7.99. The van der Waals surface area contributed by atoms with E-state index in [-0.39, 0.29) is 12.3 Å². The van der Waals surface area contributed by atoms with Gasteiger partial charge in [-0.05, 0) is 12.5 Å². The Balaban J connectivity index is 2.05. The molecule has 0 aromatic heterocycles. The van der Waals surface area contributed by atoms with Gasteiger partial charge in [-0.25, -0.2) is 4.79 Å². The van der Waals surface area contributed by atoms with Gasteiger partial charge in [-0.1, -0.05) is 29.8 Å². The summed E-state index contributed by atoms with van der Waals surface area (Å²) in [6.07, 6.45) is 0.273. The first-order valence-corrected chi connectivity index (χ1v) is 7.39. The second kappa shape index (κ2) is 6.10. The van der Waals surface area contributed by atoms with Gasteiger partial charge in [-0.3, -0.25) is 4.79 Å². The molecule has 1 N–H and O–H groups in total. The van der Waals surface area contributed by atoms with Crippen LogP contribution in [0.25, 0.3) is 0 Å². The van der Waals surface area contributed by atoms with Gasteiger partial charge >= 0.3 is 5.97 Å². The van der Waals surface area contributed by atoms with E-state index < -0.39 is 12.0 Å². The SMILES string of the molecule is Cc1ccc(CC(=O)N2CCSCC2C(=O)O)cc1. The van der Waals surface area contributed by atoms with Gasteiger partial charge < -0.3 is 10.0 Å². The fraction of sp³-hybridized carbons (Fsp3) is 0.429. The van der Waals surface area contributed by atoms with Crippen LogP contribution in [0.3, 0.4) is 0 Å². The molecule has 5 heteroatoms. The molecule has 1 saturated heterocycles. The van der Waals surface area contributed by atoms with Crippen LogP contribution < -0.4 is 0 Å². The Kier molecular flexibility index (Phi) is 4.47. The van der Waals surface area contributed by atoms with Gasteiger partial charge in [-0.15, -0.1) is 0 Å². The van der Waals surface area contributed by atoms with Crippen molar-refractivity contribution in [1.82, 2.24) is 4.90 Å². The molecule has 1 heterocycles. The Morgan fingerprint density at radius 3 is 2.68 bits per heavy atom. The van der Waals surface area contributed by atoms with Crippen molar-refractivity contribution in [3.63, 3.8) is 0 Å². The number of aliphatic carboxylic acids is 1. The summed E-state index contributed by atoms with van der Waals surface area (Å²) in [4.78, 5) is 24.9. The first-order chi connectivity index (χ1) is 9.08. The van der Waals surface area contributed by atoms with Crippen LogP contribution in [0.15, 0.2) is 24.3 Å².